The topological polar surface area (TPSA) is 80.1 Å². The van der Waals surface area contributed by atoms with Crippen molar-refractivity contribution in [1.29, 1.82) is 0 Å². The van der Waals surface area contributed by atoms with Crippen molar-refractivity contribution in [3.8, 4) is 5.69 Å². The van der Waals surface area contributed by atoms with Gasteiger partial charge in [0, 0.05) is 19.5 Å². The molecule has 1 aliphatic rings. The molecule has 126 valence electrons. The molecule has 0 spiro atoms. The summed E-state index contributed by atoms with van der Waals surface area (Å²) in [7, 11) is 0. The maximum Gasteiger partial charge on any atom is 0.232 e. The Balaban J connectivity index is 1.70. The summed E-state index contributed by atoms with van der Waals surface area (Å²) in [4.78, 5) is 30.3. The standard InChI is InChI=1S/C17H21N5O2/c1-2-15(23)21-10-6-7-13(11-21)16(24)20-17-18-12-19-22(17)14-8-4-3-5-9-14/h3-5,8-9,12-13H,2,6-7,10-11H2,1H3,(H,18,19,20,24). The number of carbonyl (C=O) groups excluding carboxylic acids is 2. The molecule has 1 fully saturated rings. The average Bonchev–Trinajstić information content (AvgIpc) is 3.10. The molecule has 1 N–H and O–H groups in total. The first-order valence-electron chi connectivity index (χ1n) is 8.23. The van der Waals surface area contributed by atoms with E-state index in [4.69, 9.17) is 0 Å². The van der Waals surface area contributed by atoms with Crippen LogP contribution < -0.4 is 5.32 Å². The van der Waals surface area contributed by atoms with Crippen LogP contribution >= 0.6 is 0 Å². The summed E-state index contributed by atoms with van der Waals surface area (Å²) >= 11 is 0. The molecule has 2 aromatic rings. The summed E-state index contributed by atoms with van der Waals surface area (Å²) in [5.74, 6) is 0.161. The molecule has 7 heteroatoms. The van der Waals surface area contributed by atoms with Crippen molar-refractivity contribution in [1.82, 2.24) is 19.7 Å². The number of piperidine rings is 1. The van der Waals surface area contributed by atoms with Gasteiger partial charge in [0.25, 0.3) is 0 Å². The second-order valence-electron chi connectivity index (χ2n) is 5.85. The van der Waals surface area contributed by atoms with E-state index in [1.807, 2.05) is 37.3 Å². The van der Waals surface area contributed by atoms with Gasteiger partial charge in [-0.05, 0) is 25.0 Å². The van der Waals surface area contributed by atoms with E-state index >= 15 is 0 Å². The number of rotatable bonds is 4. The monoisotopic (exact) mass is 327 g/mol. The van der Waals surface area contributed by atoms with Crippen LogP contribution in [0, 0.1) is 5.92 Å². The van der Waals surface area contributed by atoms with Crippen molar-refractivity contribution in [2.45, 2.75) is 26.2 Å². The number of carbonyl (C=O) groups is 2. The zero-order valence-electron chi connectivity index (χ0n) is 13.7. The minimum atomic E-state index is -0.213. The summed E-state index contributed by atoms with van der Waals surface area (Å²) < 4.78 is 1.59. The fourth-order valence-electron chi connectivity index (χ4n) is 2.94. The molecular weight excluding hydrogens is 306 g/mol. The van der Waals surface area contributed by atoms with Crippen molar-refractivity contribution in [3.05, 3.63) is 36.7 Å². The third-order valence-electron chi connectivity index (χ3n) is 4.23. The largest absolute Gasteiger partial charge is 0.342 e. The van der Waals surface area contributed by atoms with E-state index in [1.54, 1.807) is 9.58 Å². The maximum atomic E-state index is 12.6. The average molecular weight is 327 g/mol. The van der Waals surface area contributed by atoms with Gasteiger partial charge in [0.1, 0.15) is 6.33 Å². The van der Waals surface area contributed by atoms with E-state index in [0.717, 1.165) is 25.1 Å². The van der Waals surface area contributed by atoms with E-state index in [2.05, 4.69) is 15.4 Å². The van der Waals surface area contributed by atoms with Crippen molar-refractivity contribution in [2.75, 3.05) is 18.4 Å². The third kappa shape index (κ3) is 3.45. The first-order chi connectivity index (χ1) is 11.7. The Morgan fingerprint density at radius 1 is 1.29 bits per heavy atom. The van der Waals surface area contributed by atoms with Crippen LogP contribution in [-0.2, 0) is 9.59 Å². The summed E-state index contributed by atoms with van der Waals surface area (Å²) in [5.41, 5.74) is 0.830. The Hall–Kier alpha value is -2.70. The van der Waals surface area contributed by atoms with Crippen LogP contribution in [0.25, 0.3) is 5.69 Å². The molecule has 1 aromatic carbocycles. The van der Waals surface area contributed by atoms with Gasteiger partial charge in [0.2, 0.25) is 17.8 Å². The van der Waals surface area contributed by atoms with Crippen molar-refractivity contribution in [2.24, 2.45) is 5.92 Å². The molecule has 1 saturated heterocycles. The summed E-state index contributed by atoms with van der Waals surface area (Å²) in [5, 5.41) is 7.02. The molecule has 1 aliphatic heterocycles. The number of hydrogen-bond donors (Lipinski definition) is 1. The molecule has 0 radical (unpaired) electrons. The van der Waals surface area contributed by atoms with Crippen LogP contribution in [0.2, 0.25) is 0 Å². The number of aromatic nitrogens is 3. The van der Waals surface area contributed by atoms with E-state index in [9.17, 15) is 9.59 Å². The molecule has 3 rings (SSSR count). The fraction of sp³-hybridized carbons (Fsp3) is 0.412. The van der Waals surface area contributed by atoms with Gasteiger partial charge in [-0.2, -0.15) is 14.8 Å². The molecular formula is C17H21N5O2. The van der Waals surface area contributed by atoms with Gasteiger partial charge >= 0.3 is 0 Å². The highest BCUT2D eigenvalue weighted by molar-refractivity contribution is 5.92. The van der Waals surface area contributed by atoms with Crippen molar-refractivity contribution >= 4 is 17.8 Å². The van der Waals surface area contributed by atoms with Crippen LogP contribution in [0.4, 0.5) is 5.95 Å². The normalized spacial score (nSPS) is 17.5. The van der Waals surface area contributed by atoms with Crippen LogP contribution in [0.1, 0.15) is 26.2 Å². The maximum absolute atomic E-state index is 12.6. The van der Waals surface area contributed by atoms with Crippen LogP contribution in [0.15, 0.2) is 36.7 Å². The predicted octanol–water partition coefficient (Wildman–Crippen LogP) is 1.85. The molecule has 1 unspecified atom stereocenters. The molecule has 0 aliphatic carbocycles. The zero-order chi connectivity index (χ0) is 16.9. The van der Waals surface area contributed by atoms with E-state index in [1.165, 1.54) is 6.33 Å². The highest BCUT2D eigenvalue weighted by Crippen LogP contribution is 2.19. The Morgan fingerprint density at radius 3 is 2.83 bits per heavy atom. The molecule has 1 atom stereocenters. The quantitative estimate of drug-likeness (QED) is 0.929. The fourth-order valence-corrected chi connectivity index (χ4v) is 2.94. The van der Waals surface area contributed by atoms with Crippen molar-refractivity contribution in [3.63, 3.8) is 0 Å². The highest BCUT2D eigenvalue weighted by Gasteiger charge is 2.28. The SMILES string of the molecule is CCC(=O)N1CCCC(C(=O)Nc2ncnn2-c2ccccc2)C1. The number of anilines is 1. The molecule has 24 heavy (non-hydrogen) atoms. The van der Waals surface area contributed by atoms with E-state index in [0.29, 0.717) is 18.9 Å². The lowest BCUT2D eigenvalue weighted by Gasteiger charge is -2.31. The first kappa shape index (κ1) is 16.2. The molecule has 2 amide bonds. The van der Waals surface area contributed by atoms with Crippen LogP contribution in [-0.4, -0.2) is 44.6 Å². The van der Waals surface area contributed by atoms with Gasteiger partial charge in [-0.25, -0.2) is 0 Å². The Bertz CT molecular complexity index is 713. The number of para-hydroxylation sites is 1. The second-order valence-corrected chi connectivity index (χ2v) is 5.85. The van der Waals surface area contributed by atoms with Crippen molar-refractivity contribution < 1.29 is 9.59 Å². The Labute approximate surface area is 140 Å². The lowest BCUT2D eigenvalue weighted by molar-refractivity contribution is -0.134. The number of nitrogens with zero attached hydrogens (tertiary/aromatic N) is 4. The smallest absolute Gasteiger partial charge is 0.232 e. The predicted molar refractivity (Wildman–Crippen MR) is 89.6 cm³/mol. The van der Waals surface area contributed by atoms with Crippen LogP contribution in [0.5, 0.6) is 0 Å². The molecule has 7 nitrogen and oxygen atoms in total. The lowest BCUT2D eigenvalue weighted by Crippen LogP contribution is -2.43. The van der Waals surface area contributed by atoms with E-state index in [-0.39, 0.29) is 17.7 Å². The molecule has 0 saturated carbocycles. The van der Waals surface area contributed by atoms with Gasteiger partial charge in [-0.1, -0.05) is 25.1 Å². The summed E-state index contributed by atoms with van der Waals surface area (Å²) in [6, 6.07) is 9.51. The van der Waals surface area contributed by atoms with Gasteiger partial charge in [-0.15, -0.1) is 0 Å². The number of likely N-dealkylation sites (tertiary alicyclic amines) is 1. The van der Waals surface area contributed by atoms with E-state index < -0.39 is 0 Å². The minimum Gasteiger partial charge on any atom is -0.342 e. The van der Waals surface area contributed by atoms with Gasteiger partial charge in [0.15, 0.2) is 0 Å². The summed E-state index contributed by atoms with van der Waals surface area (Å²) in [6.07, 6.45) is 3.50. The lowest BCUT2D eigenvalue weighted by atomic mass is 9.97. The van der Waals surface area contributed by atoms with Gasteiger partial charge in [0.05, 0.1) is 11.6 Å². The molecule has 1 aromatic heterocycles. The third-order valence-corrected chi connectivity index (χ3v) is 4.23. The van der Waals surface area contributed by atoms with Gasteiger partial charge in [-0.3, -0.25) is 14.9 Å². The Morgan fingerprint density at radius 2 is 2.08 bits per heavy atom. The van der Waals surface area contributed by atoms with Gasteiger partial charge < -0.3 is 4.90 Å². The zero-order valence-corrected chi connectivity index (χ0v) is 13.7. The number of amides is 2. The molecule has 2 heterocycles. The summed E-state index contributed by atoms with van der Waals surface area (Å²) in [6.45, 7) is 3.04. The first-order valence-corrected chi connectivity index (χ1v) is 8.23. The number of nitrogens with one attached hydrogen (secondary N) is 1. The minimum absolute atomic E-state index is 0.0972. The Kier molecular flexibility index (Phi) is 4.88. The second kappa shape index (κ2) is 7.25. The van der Waals surface area contributed by atoms with Crippen LogP contribution in [0.3, 0.4) is 0 Å². The highest BCUT2D eigenvalue weighted by atomic mass is 16.2. The molecule has 0 bridgehead atoms. The number of benzene rings is 1. The number of hydrogen-bond acceptors (Lipinski definition) is 4.